The second-order valence-electron chi connectivity index (χ2n) is 9.94. The number of ether oxygens (including phenoxy) is 1. The van der Waals surface area contributed by atoms with Gasteiger partial charge in [-0.15, -0.1) is 0 Å². The molecule has 3 heterocycles. The summed E-state index contributed by atoms with van der Waals surface area (Å²) in [5, 5.41) is 3.28. The maximum atomic E-state index is 13.4. The topological polar surface area (TPSA) is 41.6 Å². The molecule has 1 saturated carbocycles. The van der Waals surface area contributed by atoms with Crippen molar-refractivity contribution in [3.63, 3.8) is 0 Å². The average Bonchev–Trinajstić information content (AvgIpc) is 3.57. The predicted octanol–water partition coefficient (Wildman–Crippen LogP) is 5.08. The predicted molar refractivity (Wildman–Crippen MR) is 117 cm³/mol. The molecule has 3 saturated heterocycles. The molecule has 1 unspecified atom stereocenters. The minimum Gasteiger partial charge on any atom is -0.445 e. The van der Waals surface area contributed by atoms with E-state index < -0.39 is 0 Å². The SMILES string of the molecule is O=C(NC1c2cc(-c3ccc(F)cc3)ccc2CCC12CC2)O[C@@H]1CN2CCC1CC2. The number of benzene rings is 2. The molecule has 7 rings (SSSR count). The summed E-state index contributed by atoms with van der Waals surface area (Å²) in [7, 11) is 0. The number of fused-ring (bicyclic) bond motifs is 4. The Morgan fingerprint density at radius 1 is 1.03 bits per heavy atom. The molecule has 2 aliphatic carbocycles. The number of nitrogens with one attached hydrogen (secondary N) is 1. The van der Waals surface area contributed by atoms with Gasteiger partial charge in [-0.05, 0) is 103 Å². The van der Waals surface area contributed by atoms with Crippen LogP contribution in [-0.4, -0.2) is 36.7 Å². The number of alkyl carbamates (subject to hydrolysis) is 1. The zero-order valence-electron chi connectivity index (χ0n) is 17.8. The van der Waals surface area contributed by atoms with Crippen LogP contribution in [0.1, 0.15) is 49.3 Å². The molecule has 1 amide bonds. The molecular formula is C26H29FN2O2. The van der Waals surface area contributed by atoms with Crippen molar-refractivity contribution in [1.82, 2.24) is 10.2 Å². The van der Waals surface area contributed by atoms with Gasteiger partial charge in [-0.3, -0.25) is 4.90 Å². The van der Waals surface area contributed by atoms with Crippen molar-refractivity contribution in [2.24, 2.45) is 11.3 Å². The molecule has 0 aromatic heterocycles. The number of rotatable bonds is 3. The number of nitrogens with zero attached hydrogens (tertiary/aromatic N) is 1. The molecule has 1 spiro atoms. The number of amides is 1. The molecule has 2 aromatic carbocycles. The first kappa shape index (κ1) is 19.3. The van der Waals surface area contributed by atoms with Gasteiger partial charge in [0, 0.05) is 6.54 Å². The van der Waals surface area contributed by atoms with E-state index >= 15 is 0 Å². The number of hydrogen-bond acceptors (Lipinski definition) is 3. The number of carbonyl (C=O) groups excluding carboxylic acids is 1. The third kappa shape index (κ3) is 3.53. The fourth-order valence-corrected chi connectivity index (χ4v) is 6.03. The van der Waals surface area contributed by atoms with E-state index in [1.807, 2.05) is 12.1 Å². The third-order valence-corrected chi connectivity index (χ3v) is 8.15. The van der Waals surface area contributed by atoms with Crippen LogP contribution in [0.4, 0.5) is 9.18 Å². The number of halogens is 1. The lowest BCUT2D eigenvalue weighted by molar-refractivity contribution is -0.0347. The van der Waals surface area contributed by atoms with Crippen molar-refractivity contribution in [3.8, 4) is 11.1 Å². The van der Waals surface area contributed by atoms with Crippen LogP contribution < -0.4 is 5.32 Å². The lowest BCUT2D eigenvalue weighted by Crippen LogP contribution is -2.53. The van der Waals surface area contributed by atoms with Crippen molar-refractivity contribution < 1.29 is 13.9 Å². The van der Waals surface area contributed by atoms with Crippen LogP contribution in [0.15, 0.2) is 42.5 Å². The Kier molecular flexibility index (Phi) is 4.57. The second kappa shape index (κ2) is 7.33. The molecule has 3 aliphatic heterocycles. The van der Waals surface area contributed by atoms with E-state index in [4.69, 9.17) is 4.74 Å². The van der Waals surface area contributed by atoms with Crippen LogP contribution in [0, 0.1) is 17.2 Å². The van der Waals surface area contributed by atoms with Crippen LogP contribution in [0.2, 0.25) is 0 Å². The Morgan fingerprint density at radius 3 is 2.45 bits per heavy atom. The number of piperidine rings is 3. The van der Waals surface area contributed by atoms with Gasteiger partial charge in [0.2, 0.25) is 0 Å². The van der Waals surface area contributed by atoms with Gasteiger partial charge < -0.3 is 10.1 Å². The Morgan fingerprint density at radius 2 is 1.77 bits per heavy atom. The summed E-state index contributed by atoms with van der Waals surface area (Å²) in [4.78, 5) is 15.4. The van der Waals surface area contributed by atoms with Gasteiger partial charge in [0.05, 0.1) is 6.04 Å². The highest BCUT2D eigenvalue weighted by Gasteiger charge is 2.53. The molecule has 2 bridgehead atoms. The van der Waals surface area contributed by atoms with E-state index in [9.17, 15) is 9.18 Å². The summed E-state index contributed by atoms with van der Waals surface area (Å²) in [6, 6.07) is 13.1. The van der Waals surface area contributed by atoms with Crippen LogP contribution in [0.3, 0.4) is 0 Å². The molecule has 2 aromatic rings. The van der Waals surface area contributed by atoms with Crippen molar-refractivity contribution >= 4 is 6.09 Å². The van der Waals surface area contributed by atoms with Crippen molar-refractivity contribution in [2.45, 2.75) is 50.7 Å². The van der Waals surface area contributed by atoms with E-state index in [1.165, 1.54) is 23.3 Å². The van der Waals surface area contributed by atoms with E-state index in [1.54, 1.807) is 0 Å². The monoisotopic (exact) mass is 420 g/mol. The van der Waals surface area contributed by atoms with Crippen LogP contribution >= 0.6 is 0 Å². The summed E-state index contributed by atoms with van der Waals surface area (Å²) in [5.41, 5.74) is 4.73. The smallest absolute Gasteiger partial charge is 0.407 e. The van der Waals surface area contributed by atoms with Gasteiger partial charge in [-0.1, -0.05) is 24.3 Å². The Bertz CT molecular complexity index is 993. The fraction of sp³-hybridized carbons (Fsp3) is 0.500. The number of aryl methyl sites for hydroxylation is 1. The van der Waals surface area contributed by atoms with Gasteiger partial charge in [-0.2, -0.15) is 0 Å². The normalized spacial score (nSPS) is 30.0. The highest BCUT2D eigenvalue weighted by Crippen LogP contribution is 2.61. The molecule has 5 heteroatoms. The van der Waals surface area contributed by atoms with Crippen LogP contribution in [-0.2, 0) is 11.2 Å². The summed E-state index contributed by atoms with van der Waals surface area (Å²) < 4.78 is 19.3. The zero-order valence-corrected chi connectivity index (χ0v) is 17.8. The van der Waals surface area contributed by atoms with Crippen molar-refractivity contribution in [2.75, 3.05) is 19.6 Å². The Labute approximate surface area is 182 Å². The maximum Gasteiger partial charge on any atom is 0.407 e. The molecule has 5 aliphatic rings. The molecule has 4 fully saturated rings. The van der Waals surface area contributed by atoms with Gasteiger partial charge in [0.1, 0.15) is 11.9 Å². The summed E-state index contributed by atoms with van der Waals surface area (Å²) in [6.07, 6.45) is 6.48. The average molecular weight is 421 g/mol. The van der Waals surface area contributed by atoms with E-state index in [2.05, 4.69) is 28.4 Å². The van der Waals surface area contributed by atoms with Gasteiger partial charge in [-0.25, -0.2) is 9.18 Å². The zero-order chi connectivity index (χ0) is 21.0. The first-order valence-electron chi connectivity index (χ1n) is 11.7. The first-order valence-corrected chi connectivity index (χ1v) is 11.7. The number of carbonyl (C=O) groups is 1. The van der Waals surface area contributed by atoms with Crippen molar-refractivity contribution in [3.05, 3.63) is 59.4 Å². The summed E-state index contributed by atoms with van der Waals surface area (Å²) >= 11 is 0. The fourth-order valence-electron chi connectivity index (χ4n) is 6.03. The van der Waals surface area contributed by atoms with Crippen LogP contribution in [0.25, 0.3) is 11.1 Å². The van der Waals surface area contributed by atoms with Crippen LogP contribution in [0.5, 0.6) is 0 Å². The van der Waals surface area contributed by atoms with E-state index in [0.717, 1.165) is 69.3 Å². The van der Waals surface area contributed by atoms with Gasteiger partial charge in [0.15, 0.2) is 0 Å². The highest BCUT2D eigenvalue weighted by molar-refractivity contribution is 5.70. The number of hydrogen-bond donors (Lipinski definition) is 1. The second-order valence-corrected chi connectivity index (χ2v) is 9.94. The Balaban J connectivity index is 1.25. The summed E-state index contributed by atoms with van der Waals surface area (Å²) in [6.45, 7) is 3.15. The Hall–Kier alpha value is -2.40. The lowest BCUT2D eigenvalue weighted by Gasteiger charge is -2.44. The quantitative estimate of drug-likeness (QED) is 0.753. The minimum atomic E-state index is -0.268. The maximum absolute atomic E-state index is 13.4. The lowest BCUT2D eigenvalue weighted by atomic mass is 9.76. The van der Waals surface area contributed by atoms with Gasteiger partial charge >= 0.3 is 6.09 Å². The third-order valence-electron chi connectivity index (χ3n) is 8.15. The molecular weight excluding hydrogens is 391 g/mol. The van der Waals surface area contributed by atoms with E-state index in [-0.39, 0.29) is 29.5 Å². The molecule has 0 radical (unpaired) electrons. The molecule has 4 nitrogen and oxygen atoms in total. The molecule has 2 atom stereocenters. The van der Waals surface area contributed by atoms with E-state index in [0.29, 0.717) is 5.92 Å². The highest BCUT2D eigenvalue weighted by atomic mass is 19.1. The largest absolute Gasteiger partial charge is 0.445 e. The van der Waals surface area contributed by atoms with Crippen molar-refractivity contribution in [1.29, 1.82) is 0 Å². The standard InChI is InChI=1S/C26H29FN2O2/c27-21-5-3-17(4-6-21)20-2-1-18-7-10-26(11-12-26)24(22(18)15-20)28-25(30)31-23-16-29-13-8-19(23)9-14-29/h1-6,15,19,23-24H,7-14,16H2,(H,28,30)/t23-,24?/m1/s1. The first-order chi connectivity index (χ1) is 15.1. The van der Waals surface area contributed by atoms with Gasteiger partial charge in [0.25, 0.3) is 0 Å². The molecule has 1 N–H and O–H groups in total. The minimum absolute atomic E-state index is 0.00904. The molecule has 31 heavy (non-hydrogen) atoms. The molecule has 162 valence electrons. The summed E-state index contributed by atoms with van der Waals surface area (Å²) in [5.74, 6) is 0.281.